The fourth-order valence-electron chi connectivity index (χ4n) is 1.98. The van der Waals surface area contributed by atoms with Crippen molar-refractivity contribution in [2.24, 2.45) is 5.92 Å². The highest BCUT2D eigenvalue weighted by Gasteiger charge is 2.25. The van der Waals surface area contributed by atoms with Crippen LogP contribution in [0.4, 0.5) is 5.13 Å². The molecule has 0 radical (unpaired) electrons. The van der Waals surface area contributed by atoms with E-state index < -0.39 is 0 Å². The molecule has 1 aromatic rings. The topological polar surface area (TPSA) is 77.2 Å². The minimum Gasteiger partial charge on any atom is -0.378 e. The van der Waals surface area contributed by atoms with Crippen molar-refractivity contribution < 1.29 is 9.53 Å². The maximum Gasteiger partial charge on any atom is 0.263 e. The van der Waals surface area contributed by atoms with Gasteiger partial charge in [-0.1, -0.05) is 11.3 Å². The van der Waals surface area contributed by atoms with E-state index in [1.807, 2.05) is 6.92 Å². The molecule has 2 rings (SSSR count). The van der Waals surface area contributed by atoms with Crippen LogP contribution in [0.25, 0.3) is 0 Å². The van der Waals surface area contributed by atoms with Gasteiger partial charge in [0, 0.05) is 19.1 Å². The molecule has 94 valence electrons. The zero-order chi connectivity index (χ0) is 12.4. The lowest BCUT2D eigenvalue weighted by Gasteiger charge is -2.14. The fourth-order valence-corrected chi connectivity index (χ4v) is 2.73. The predicted molar refractivity (Wildman–Crippen MR) is 67.1 cm³/mol. The van der Waals surface area contributed by atoms with Gasteiger partial charge in [0.15, 0.2) is 5.13 Å². The number of nitrogens with zero attached hydrogens (tertiary/aromatic N) is 1. The highest BCUT2D eigenvalue weighted by atomic mass is 32.1. The van der Waals surface area contributed by atoms with Crippen molar-refractivity contribution in [3.8, 4) is 0 Å². The number of nitrogen functional groups attached to an aromatic ring is 1. The normalized spacial score (nSPS) is 23.9. The van der Waals surface area contributed by atoms with E-state index in [2.05, 4.69) is 10.3 Å². The van der Waals surface area contributed by atoms with Gasteiger partial charge in [-0.05, 0) is 20.3 Å². The molecule has 0 aromatic carbocycles. The third-order valence-corrected chi connectivity index (χ3v) is 4.06. The Bertz CT molecular complexity index is 419. The number of nitrogens with two attached hydrogens (primary N) is 1. The number of ether oxygens (including phenoxy) is 1. The van der Waals surface area contributed by atoms with Crippen LogP contribution < -0.4 is 11.1 Å². The summed E-state index contributed by atoms with van der Waals surface area (Å²) in [6, 6.07) is 0. The van der Waals surface area contributed by atoms with Crippen molar-refractivity contribution in [1.82, 2.24) is 10.3 Å². The lowest BCUT2D eigenvalue weighted by Crippen LogP contribution is -2.31. The van der Waals surface area contributed by atoms with Gasteiger partial charge in [0.25, 0.3) is 5.91 Å². The van der Waals surface area contributed by atoms with Crippen LogP contribution in [0.1, 0.15) is 28.7 Å². The molecule has 1 aliphatic rings. The van der Waals surface area contributed by atoms with E-state index in [4.69, 9.17) is 10.5 Å². The second-order valence-corrected chi connectivity index (χ2v) is 5.33. The molecule has 3 N–H and O–H groups in total. The number of hydrogen-bond donors (Lipinski definition) is 2. The third-order valence-electron chi connectivity index (χ3n) is 3.08. The van der Waals surface area contributed by atoms with E-state index in [0.29, 0.717) is 28.2 Å². The van der Waals surface area contributed by atoms with Gasteiger partial charge in [-0.15, -0.1) is 0 Å². The van der Waals surface area contributed by atoms with Crippen LogP contribution in [0.3, 0.4) is 0 Å². The van der Waals surface area contributed by atoms with Crippen LogP contribution in [0, 0.1) is 12.8 Å². The van der Waals surface area contributed by atoms with Gasteiger partial charge in [-0.3, -0.25) is 4.79 Å². The number of amides is 1. The van der Waals surface area contributed by atoms with E-state index in [9.17, 15) is 4.79 Å². The Morgan fingerprint density at radius 1 is 1.71 bits per heavy atom. The number of anilines is 1. The van der Waals surface area contributed by atoms with Crippen molar-refractivity contribution in [1.29, 1.82) is 0 Å². The number of thiazole rings is 1. The summed E-state index contributed by atoms with van der Waals surface area (Å²) in [7, 11) is 0. The van der Waals surface area contributed by atoms with E-state index in [-0.39, 0.29) is 12.0 Å². The van der Waals surface area contributed by atoms with Gasteiger partial charge in [0.05, 0.1) is 11.8 Å². The molecular weight excluding hydrogens is 238 g/mol. The Morgan fingerprint density at radius 2 is 2.47 bits per heavy atom. The molecule has 0 aliphatic carbocycles. The molecule has 1 fully saturated rings. The largest absolute Gasteiger partial charge is 0.378 e. The first-order valence-corrected chi connectivity index (χ1v) is 6.52. The Labute approximate surface area is 104 Å². The number of hydrogen-bond acceptors (Lipinski definition) is 5. The molecule has 1 aromatic heterocycles. The maximum absolute atomic E-state index is 11.9. The molecule has 1 saturated heterocycles. The highest BCUT2D eigenvalue weighted by molar-refractivity contribution is 7.17. The lowest BCUT2D eigenvalue weighted by atomic mass is 10.0. The zero-order valence-corrected chi connectivity index (χ0v) is 10.8. The Kier molecular flexibility index (Phi) is 3.63. The molecule has 6 heteroatoms. The smallest absolute Gasteiger partial charge is 0.263 e. The first-order valence-electron chi connectivity index (χ1n) is 5.70. The summed E-state index contributed by atoms with van der Waals surface area (Å²) < 4.78 is 5.45. The molecule has 5 nitrogen and oxygen atoms in total. The Balaban J connectivity index is 1.91. The van der Waals surface area contributed by atoms with Crippen molar-refractivity contribution in [3.05, 3.63) is 10.6 Å². The number of carbonyl (C=O) groups excluding carboxylic acids is 1. The molecule has 2 heterocycles. The third kappa shape index (κ3) is 2.76. The van der Waals surface area contributed by atoms with Crippen molar-refractivity contribution >= 4 is 22.4 Å². The van der Waals surface area contributed by atoms with Gasteiger partial charge in [-0.25, -0.2) is 4.98 Å². The van der Waals surface area contributed by atoms with E-state index in [1.54, 1.807) is 6.92 Å². The van der Waals surface area contributed by atoms with E-state index >= 15 is 0 Å². The zero-order valence-electron chi connectivity index (χ0n) is 10.0. The second kappa shape index (κ2) is 5.01. The number of aromatic nitrogens is 1. The van der Waals surface area contributed by atoms with Crippen LogP contribution in [-0.4, -0.2) is 30.1 Å². The second-order valence-electron chi connectivity index (χ2n) is 4.30. The summed E-state index contributed by atoms with van der Waals surface area (Å²) in [5.41, 5.74) is 6.26. The standard InChI is InChI=1S/C11H17N3O2S/c1-6-9(17-11(12)14-6)10(15)13-5-8-3-4-16-7(8)2/h7-8H,3-5H2,1-2H3,(H2,12,14)(H,13,15). The molecule has 2 unspecified atom stereocenters. The van der Waals surface area contributed by atoms with Crippen molar-refractivity contribution in [2.75, 3.05) is 18.9 Å². The van der Waals surface area contributed by atoms with Gasteiger partial charge < -0.3 is 15.8 Å². The average Bonchev–Trinajstić information content (AvgIpc) is 2.81. The minimum absolute atomic E-state index is 0.0872. The number of aryl methyl sites for hydroxylation is 1. The summed E-state index contributed by atoms with van der Waals surface area (Å²) in [6.45, 7) is 5.27. The van der Waals surface area contributed by atoms with Crippen molar-refractivity contribution in [3.63, 3.8) is 0 Å². The van der Waals surface area contributed by atoms with E-state index in [0.717, 1.165) is 13.0 Å². The summed E-state index contributed by atoms with van der Waals surface area (Å²) in [5, 5.41) is 3.36. The minimum atomic E-state index is -0.0872. The molecule has 0 spiro atoms. The molecule has 2 atom stereocenters. The quantitative estimate of drug-likeness (QED) is 0.850. The van der Waals surface area contributed by atoms with Gasteiger partial charge in [-0.2, -0.15) is 0 Å². The summed E-state index contributed by atoms with van der Waals surface area (Å²) in [6.07, 6.45) is 1.23. The van der Waals surface area contributed by atoms with Crippen LogP contribution in [0.15, 0.2) is 0 Å². The average molecular weight is 255 g/mol. The molecule has 17 heavy (non-hydrogen) atoms. The van der Waals surface area contributed by atoms with Crippen LogP contribution in [0.2, 0.25) is 0 Å². The first-order chi connectivity index (χ1) is 8.08. The van der Waals surface area contributed by atoms with E-state index in [1.165, 1.54) is 11.3 Å². The number of rotatable bonds is 3. The molecular formula is C11H17N3O2S. The van der Waals surface area contributed by atoms with Gasteiger partial charge in [0.1, 0.15) is 4.88 Å². The Morgan fingerprint density at radius 3 is 3.00 bits per heavy atom. The predicted octanol–water partition coefficient (Wildman–Crippen LogP) is 1.19. The Hall–Kier alpha value is -1.14. The van der Waals surface area contributed by atoms with Crippen LogP contribution in [0.5, 0.6) is 0 Å². The molecule has 1 amide bonds. The lowest BCUT2D eigenvalue weighted by molar-refractivity contribution is 0.0910. The first kappa shape index (κ1) is 12.3. The highest BCUT2D eigenvalue weighted by Crippen LogP contribution is 2.21. The van der Waals surface area contributed by atoms with Gasteiger partial charge >= 0.3 is 0 Å². The number of carbonyl (C=O) groups is 1. The molecule has 0 saturated carbocycles. The fraction of sp³-hybridized carbons (Fsp3) is 0.636. The number of nitrogens with one attached hydrogen (secondary N) is 1. The monoisotopic (exact) mass is 255 g/mol. The summed E-state index contributed by atoms with van der Waals surface area (Å²) >= 11 is 1.23. The van der Waals surface area contributed by atoms with Gasteiger partial charge in [0.2, 0.25) is 0 Å². The van der Waals surface area contributed by atoms with Crippen LogP contribution >= 0.6 is 11.3 Å². The molecule has 1 aliphatic heterocycles. The summed E-state index contributed by atoms with van der Waals surface area (Å²) in [4.78, 5) is 16.5. The summed E-state index contributed by atoms with van der Waals surface area (Å²) in [5.74, 6) is 0.320. The maximum atomic E-state index is 11.9. The van der Waals surface area contributed by atoms with Crippen molar-refractivity contribution in [2.45, 2.75) is 26.4 Å². The van der Waals surface area contributed by atoms with Crippen LogP contribution in [-0.2, 0) is 4.74 Å². The SMILES string of the molecule is Cc1nc(N)sc1C(=O)NCC1CCOC1C. The molecule has 0 bridgehead atoms.